The van der Waals surface area contributed by atoms with Crippen LogP contribution in [0.4, 0.5) is 48.3 Å². The van der Waals surface area contributed by atoms with Gasteiger partial charge in [-0.25, -0.2) is 8.57 Å². The maximum atomic E-state index is 13.6. The second-order valence-electron chi connectivity index (χ2n) is 3.88. The fourth-order valence-electron chi connectivity index (χ4n) is 1.30. The standard InChI is InChI=1S/C6ClF11O3S/c7-1(8)2(9,10)3(11,12)4(13,14)5(1,15)21-22(19,20)6(16,17)18. The Bertz CT molecular complexity index is 553. The highest BCUT2D eigenvalue weighted by atomic mass is 35.5. The number of alkyl halides is 12. The van der Waals surface area contributed by atoms with E-state index in [1.54, 1.807) is 0 Å². The lowest BCUT2D eigenvalue weighted by Crippen LogP contribution is -2.58. The number of rotatable bonds is 2. The Kier molecular flexibility index (Phi) is 3.79. The summed E-state index contributed by atoms with van der Waals surface area (Å²) in [5, 5.41) is -6.34. The van der Waals surface area contributed by atoms with Crippen molar-refractivity contribution in [3.05, 3.63) is 0 Å². The first-order valence-electron chi connectivity index (χ1n) is 4.43. The minimum absolute atomic E-state index is 2.02. The molecule has 0 bridgehead atoms. The Balaban J connectivity index is 3.64. The van der Waals surface area contributed by atoms with E-state index in [1.807, 2.05) is 4.18 Å². The molecule has 0 aliphatic heterocycles. The van der Waals surface area contributed by atoms with Crippen LogP contribution in [0, 0.1) is 0 Å². The molecule has 22 heavy (non-hydrogen) atoms. The molecule has 2 unspecified atom stereocenters. The minimum Gasteiger partial charge on any atom is -0.212 e. The van der Waals surface area contributed by atoms with E-state index in [2.05, 4.69) is 11.6 Å². The monoisotopic (exact) mass is 396 g/mol. The van der Waals surface area contributed by atoms with Crippen molar-refractivity contribution in [3.8, 4) is 0 Å². The van der Waals surface area contributed by atoms with Gasteiger partial charge < -0.3 is 0 Å². The lowest BCUT2D eigenvalue weighted by molar-refractivity contribution is -0.312. The van der Waals surface area contributed by atoms with E-state index in [1.165, 1.54) is 0 Å². The Labute approximate surface area is 118 Å². The van der Waals surface area contributed by atoms with Crippen molar-refractivity contribution < 1.29 is 60.9 Å². The summed E-state index contributed by atoms with van der Waals surface area (Å²) in [6.45, 7) is 0. The van der Waals surface area contributed by atoms with Gasteiger partial charge in [-0.1, -0.05) is 11.6 Å². The summed E-state index contributed by atoms with van der Waals surface area (Å²) in [5.74, 6) is -27.6. The Morgan fingerprint density at radius 3 is 1.36 bits per heavy atom. The Hall–Kier alpha value is -0.570. The highest BCUT2D eigenvalue weighted by Gasteiger charge is 3.01. The molecule has 0 spiro atoms. The van der Waals surface area contributed by atoms with Crippen molar-refractivity contribution in [1.82, 2.24) is 0 Å². The molecule has 0 N–H and O–H groups in total. The molecule has 1 rings (SSSR count). The largest absolute Gasteiger partial charge is 0.523 e. The van der Waals surface area contributed by atoms with Crippen LogP contribution in [0.15, 0.2) is 0 Å². The molecule has 1 aliphatic rings. The highest BCUT2D eigenvalue weighted by molar-refractivity contribution is 7.87. The molecule has 1 saturated carbocycles. The Morgan fingerprint density at radius 1 is 0.773 bits per heavy atom. The third kappa shape index (κ3) is 1.87. The molecular weight excluding hydrogens is 397 g/mol. The molecule has 0 aromatic heterocycles. The summed E-state index contributed by atoms with van der Waals surface area (Å²) >= 11 is 3.88. The quantitative estimate of drug-likeness (QED) is 0.311. The Morgan fingerprint density at radius 2 is 1.14 bits per heavy atom. The van der Waals surface area contributed by atoms with Crippen molar-refractivity contribution in [1.29, 1.82) is 0 Å². The second kappa shape index (κ2) is 4.28. The van der Waals surface area contributed by atoms with Gasteiger partial charge in [0.05, 0.1) is 0 Å². The molecule has 0 amide bonds. The lowest BCUT2D eigenvalue weighted by Gasteiger charge is -2.30. The highest BCUT2D eigenvalue weighted by Crippen LogP contribution is 2.70. The molecule has 0 heterocycles. The maximum Gasteiger partial charge on any atom is 0.523 e. The zero-order chi connectivity index (χ0) is 18.2. The predicted molar refractivity (Wildman–Crippen MR) is 44.4 cm³/mol. The third-order valence-electron chi connectivity index (χ3n) is 2.50. The van der Waals surface area contributed by atoms with Crippen LogP contribution in [0.5, 0.6) is 0 Å². The molecule has 1 aliphatic carbocycles. The summed E-state index contributed by atoms with van der Waals surface area (Å²) in [7, 11) is -7.53. The zero-order valence-corrected chi connectivity index (χ0v) is 10.7. The van der Waals surface area contributed by atoms with E-state index in [4.69, 9.17) is 0 Å². The van der Waals surface area contributed by atoms with Gasteiger partial charge in [0, 0.05) is 0 Å². The lowest BCUT2D eigenvalue weighted by atomic mass is 10.2. The fourth-order valence-corrected chi connectivity index (χ4v) is 2.24. The normalized spacial score (nSPS) is 37.3. The molecule has 0 radical (unpaired) electrons. The molecule has 3 nitrogen and oxygen atoms in total. The van der Waals surface area contributed by atoms with Crippen molar-refractivity contribution in [2.45, 2.75) is 34.3 Å². The molecule has 132 valence electrons. The molecule has 0 saturated heterocycles. The number of hydrogen-bond donors (Lipinski definition) is 0. The van der Waals surface area contributed by atoms with Crippen molar-refractivity contribution in [2.24, 2.45) is 0 Å². The van der Waals surface area contributed by atoms with Gasteiger partial charge in [-0.2, -0.15) is 52.3 Å². The average Bonchev–Trinajstić information content (AvgIpc) is 2.28. The van der Waals surface area contributed by atoms with Gasteiger partial charge in [0.1, 0.15) is 0 Å². The SMILES string of the molecule is O=S(=O)(OC1(F)C(F)(F)C(F)(F)C(F)(F)C1(F)Cl)C(F)(F)F. The molecule has 16 heteroatoms. The van der Waals surface area contributed by atoms with Crippen LogP contribution in [0.3, 0.4) is 0 Å². The van der Waals surface area contributed by atoms with E-state index in [9.17, 15) is 56.7 Å². The fraction of sp³-hybridized carbons (Fsp3) is 1.00. The van der Waals surface area contributed by atoms with Crippen LogP contribution < -0.4 is 0 Å². The molecular formula is C6ClF11O3S. The van der Waals surface area contributed by atoms with Crippen LogP contribution in [0.1, 0.15) is 0 Å². The van der Waals surface area contributed by atoms with E-state index in [0.717, 1.165) is 0 Å². The summed E-state index contributed by atoms with van der Waals surface area (Å²) in [6.07, 6.45) is 0. The summed E-state index contributed by atoms with van der Waals surface area (Å²) in [4.78, 5) is 0. The smallest absolute Gasteiger partial charge is 0.212 e. The van der Waals surface area contributed by atoms with Gasteiger partial charge in [-0.05, 0) is 0 Å². The van der Waals surface area contributed by atoms with E-state index < -0.39 is 44.4 Å². The predicted octanol–water partition coefficient (Wildman–Crippen LogP) is 3.34. The minimum atomic E-state index is -7.53. The van der Waals surface area contributed by atoms with Gasteiger partial charge in [0.25, 0.3) is 0 Å². The van der Waals surface area contributed by atoms with Gasteiger partial charge >= 0.3 is 44.4 Å². The van der Waals surface area contributed by atoms with Crippen molar-refractivity contribution >= 4 is 21.7 Å². The number of halogens is 12. The van der Waals surface area contributed by atoms with Crippen LogP contribution >= 0.6 is 11.6 Å². The first-order valence-corrected chi connectivity index (χ1v) is 6.21. The van der Waals surface area contributed by atoms with Crippen LogP contribution in [-0.2, 0) is 14.3 Å². The average molecular weight is 397 g/mol. The van der Waals surface area contributed by atoms with Crippen molar-refractivity contribution in [3.63, 3.8) is 0 Å². The molecule has 2 atom stereocenters. The third-order valence-corrected chi connectivity index (χ3v) is 4.00. The van der Waals surface area contributed by atoms with E-state index >= 15 is 0 Å². The van der Waals surface area contributed by atoms with E-state index in [0.29, 0.717) is 0 Å². The van der Waals surface area contributed by atoms with Crippen LogP contribution in [0.25, 0.3) is 0 Å². The number of hydrogen-bond acceptors (Lipinski definition) is 3. The van der Waals surface area contributed by atoms with Gasteiger partial charge in [0.2, 0.25) is 0 Å². The molecule has 0 aromatic rings. The van der Waals surface area contributed by atoms with E-state index in [-0.39, 0.29) is 0 Å². The van der Waals surface area contributed by atoms with Crippen LogP contribution in [-0.4, -0.2) is 42.7 Å². The van der Waals surface area contributed by atoms with Crippen LogP contribution in [0.2, 0.25) is 0 Å². The zero-order valence-electron chi connectivity index (χ0n) is 9.17. The topological polar surface area (TPSA) is 43.4 Å². The molecule has 0 aromatic carbocycles. The van der Waals surface area contributed by atoms with Crippen molar-refractivity contribution in [2.75, 3.05) is 0 Å². The first kappa shape index (κ1) is 19.5. The summed E-state index contributed by atoms with van der Waals surface area (Å²) in [5.41, 5.74) is -6.72. The summed E-state index contributed by atoms with van der Waals surface area (Å²) in [6, 6.07) is 0. The molecule has 1 fully saturated rings. The summed E-state index contributed by atoms with van der Waals surface area (Å²) < 4.78 is 162. The van der Waals surface area contributed by atoms with Gasteiger partial charge in [-0.3, -0.25) is 0 Å². The maximum absolute atomic E-state index is 13.6. The first-order chi connectivity index (χ1) is 9.21. The second-order valence-corrected chi connectivity index (χ2v) is 5.93. The van der Waals surface area contributed by atoms with Gasteiger partial charge in [0.15, 0.2) is 0 Å². The van der Waals surface area contributed by atoms with Gasteiger partial charge in [-0.15, -0.1) is 0 Å².